The number of thiocarbonyl (C=S) groups is 1. The maximum atomic E-state index is 12.4. The van der Waals surface area contributed by atoms with Gasteiger partial charge in [0.15, 0.2) is 0 Å². The van der Waals surface area contributed by atoms with Crippen molar-refractivity contribution in [1.29, 1.82) is 0 Å². The van der Waals surface area contributed by atoms with Gasteiger partial charge in [-0.1, -0.05) is 48.2 Å². The molecule has 0 radical (unpaired) electrons. The van der Waals surface area contributed by atoms with Crippen LogP contribution in [0.15, 0.2) is 53.4 Å². The molecule has 2 aromatic carbocycles. The van der Waals surface area contributed by atoms with Crippen molar-refractivity contribution in [3.63, 3.8) is 0 Å². The minimum atomic E-state index is -1.30. The summed E-state index contributed by atoms with van der Waals surface area (Å²) in [5.74, 6) is -2.71. The maximum absolute atomic E-state index is 12.4. The number of carbonyl (C=O) groups excluding carboxylic acids is 2. The lowest BCUT2D eigenvalue weighted by Gasteiger charge is -2.14. The number of hydrogen-bond donors (Lipinski definition) is 4. The van der Waals surface area contributed by atoms with Crippen molar-refractivity contribution < 1.29 is 34.1 Å². The first-order chi connectivity index (χ1) is 16.2. The largest absolute Gasteiger partial charge is 0.489 e. The minimum Gasteiger partial charge on any atom is -0.489 e. The summed E-state index contributed by atoms with van der Waals surface area (Å²) in [6, 6.07) is 12.3. The van der Waals surface area contributed by atoms with Gasteiger partial charge in [-0.2, -0.15) is 0 Å². The van der Waals surface area contributed by atoms with Gasteiger partial charge in [-0.25, -0.2) is 4.79 Å². The summed E-state index contributed by atoms with van der Waals surface area (Å²) in [5, 5.41) is 22.9. The van der Waals surface area contributed by atoms with Crippen molar-refractivity contribution in [2.45, 2.75) is 25.5 Å². The monoisotopic (exact) mass is 500 g/mol. The van der Waals surface area contributed by atoms with Crippen LogP contribution >= 0.6 is 24.0 Å². The van der Waals surface area contributed by atoms with Crippen LogP contribution in [0, 0.1) is 0 Å². The molecule has 4 N–H and O–H groups in total. The molecule has 3 rings (SSSR count). The molecular formula is C23H20N2O7S2. The van der Waals surface area contributed by atoms with Gasteiger partial charge in [0, 0.05) is 12.0 Å². The summed E-state index contributed by atoms with van der Waals surface area (Å²) in [6.07, 6.45) is 1.13. The smallest absolute Gasteiger partial charge is 0.326 e. The number of nitrogens with one attached hydrogen (secondary N) is 2. The highest BCUT2D eigenvalue weighted by atomic mass is 32.2. The van der Waals surface area contributed by atoms with Gasteiger partial charge in [-0.3, -0.25) is 14.4 Å². The lowest BCUT2D eigenvalue weighted by Crippen LogP contribution is -2.41. The average molecular weight is 501 g/mol. The normalized spacial score (nSPS) is 15.0. The Morgan fingerprint density at radius 3 is 2.50 bits per heavy atom. The molecule has 0 spiro atoms. The molecule has 0 bridgehead atoms. The number of hydrogen-bond acceptors (Lipinski definition) is 7. The molecule has 34 heavy (non-hydrogen) atoms. The number of aliphatic carboxylic acids is 2. The van der Waals surface area contributed by atoms with E-state index in [-0.39, 0.29) is 30.9 Å². The first-order valence-corrected chi connectivity index (χ1v) is 11.3. The van der Waals surface area contributed by atoms with Crippen LogP contribution in [0.4, 0.5) is 0 Å². The Hall–Kier alpha value is -3.70. The van der Waals surface area contributed by atoms with E-state index in [2.05, 4.69) is 10.6 Å². The number of carboxylic acid groups (broad SMARTS) is 2. The Bertz CT molecular complexity index is 1160. The molecule has 1 aliphatic rings. The molecule has 2 amide bonds. The van der Waals surface area contributed by atoms with Crippen molar-refractivity contribution in [3.05, 3.63) is 70.1 Å². The molecule has 0 aromatic heterocycles. The highest BCUT2D eigenvalue weighted by Gasteiger charge is 2.22. The number of amides is 2. The summed E-state index contributed by atoms with van der Waals surface area (Å²) < 4.78 is 6.18. The molecule has 1 aliphatic heterocycles. The first-order valence-electron chi connectivity index (χ1n) is 10.0. The van der Waals surface area contributed by atoms with Crippen LogP contribution in [0.1, 0.15) is 34.3 Å². The van der Waals surface area contributed by atoms with Gasteiger partial charge in [-0.05, 0) is 47.9 Å². The third-order valence-electron chi connectivity index (χ3n) is 4.66. The highest BCUT2D eigenvalue weighted by molar-refractivity contribution is 8.26. The number of carboxylic acids is 2. The van der Waals surface area contributed by atoms with E-state index in [9.17, 15) is 24.3 Å². The highest BCUT2D eigenvalue weighted by Crippen LogP contribution is 2.26. The van der Waals surface area contributed by atoms with Crippen molar-refractivity contribution in [3.8, 4) is 5.75 Å². The zero-order chi connectivity index (χ0) is 24.7. The van der Waals surface area contributed by atoms with Gasteiger partial charge in [0.2, 0.25) is 0 Å². The van der Waals surface area contributed by atoms with E-state index in [4.69, 9.17) is 22.1 Å². The lowest BCUT2D eigenvalue weighted by atomic mass is 10.1. The van der Waals surface area contributed by atoms with Crippen molar-refractivity contribution in [2.24, 2.45) is 0 Å². The summed E-state index contributed by atoms with van der Waals surface area (Å²) in [6.45, 7) is 0.162. The van der Waals surface area contributed by atoms with Crippen molar-refractivity contribution in [2.75, 3.05) is 0 Å². The third-order valence-corrected chi connectivity index (χ3v) is 5.83. The van der Waals surface area contributed by atoms with E-state index >= 15 is 0 Å². The number of ether oxygens (including phenoxy) is 1. The molecule has 11 heteroatoms. The average Bonchev–Trinajstić information content (AvgIpc) is 3.12. The van der Waals surface area contributed by atoms with Crippen LogP contribution in [-0.4, -0.2) is 44.3 Å². The molecule has 9 nitrogen and oxygen atoms in total. The Balaban J connectivity index is 1.59. The SMILES string of the molecule is O=C(O)CC[C@@H](NC(=O)c1cccc(COc2ccc(/C=C3\SC(=S)NC3=O)cc2)c1)C(=O)O. The van der Waals surface area contributed by atoms with Gasteiger partial charge in [0.1, 0.15) is 22.7 Å². The van der Waals surface area contributed by atoms with E-state index in [1.54, 1.807) is 48.5 Å². The quantitative estimate of drug-likeness (QED) is 0.286. The fourth-order valence-electron chi connectivity index (χ4n) is 2.97. The van der Waals surface area contributed by atoms with Crippen LogP contribution < -0.4 is 15.4 Å². The standard InChI is InChI=1S/C23H20N2O7S2/c26-19(27)9-8-17(22(30)31)24-20(28)15-3-1-2-14(10-15)12-32-16-6-4-13(5-7-16)11-18-21(29)25-23(33)34-18/h1-7,10-11,17H,8-9,12H2,(H,24,28)(H,26,27)(H,30,31)(H,25,29,33)/b18-11-/t17-/m1/s1. The molecule has 1 heterocycles. The van der Waals surface area contributed by atoms with Crippen LogP contribution in [0.25, 0.3) is 6.08 Å². The van der Waals surface area contributed by atoms with Crippen LogP contribution in [0.2, 0.25) is 0 Å². The van der Waals surface area contributed by atoms with Gasteiger partial charge in [0.25, 0.3) is 11.8 Å². The Morgan fingerprint density at radius 2 is 1.88 bits per heavy atom. The molecule has 1 saturated heterocycles. The predicted molar refractivity (Wildman–Crippen MR) is 129 cm³/mol. The van der Waals surface area contributed by atoms with E-state index < -0.39 is 23.9 Å². The molecule has 1 atom stereocenters. The van der Waals surface area contributed by atoms with Crippen LogP contribution in [0.5, 0.6) is 5.75 Å². The Labute approximate surface area is 204 Å². The summed E-state index contributed by atoms with van der Waals surface area (Å²) >= 11 is 6.17. The number of thioether (sulfide) groups is 1. The minimum absolute atomic E-state index is 0.162. The molecule has 0 saturated carbocycles. The van der Waals surface area contributed by atoms with Gasteiger partial charge < -0.3 is 25.6 Å². The molecule has 1 fully saturated rings. The third kappa shape index (κ3) is 7.15. The van der Waals surface area contributed by atoms with Crippen LogP contribution in [-0.2, 0) is 21.0 Å². The fraction of sp³-hybridized carbons (Fsp3) is 0.174. The van der Waals surface area contributed by atoms with Crippen molar-refractivity contribution >= 4 is 58.1 Å². The second-order valence-corrected chi connectivity index (χ2v) is 8.93. The van der Waals surface area contributed by atoms with Gasteiger partial charge >= 0.3 is 11.9 Å². The number of benzene rings is 2. The topological polar surface area (TPSA) is 142 Å². The molecule has 0 unspecified atom stereocenters. The van der Waals surface area contributed by atoms with E-state index in [0.29, 0.717) is 20.5 Å². The molecule has 2 aromatic rings. The summed E-state index contributed by atoms with van der Waals surface area (Å²) in [5.41, 5.74) is 1.72. The zero-order valence-electron chi connectivity index (χ0n) is 17.6. The van der Waals surface area contributed by atoms with Gasteiger partial charge in [-0.15, -0.1) is 0 Å². The molecular weight excluding hydrogens is 480 g/mol. The summed E-state index contributed by atoms with van der Waals surface area (Å²) in [4.78, 5) is 46.7. The van der Waals surface area contributed by atoms with E-state index in [1.165, 1.54) is 17.8 Å². The zero-order valence-corrected chi connectivity index (χ0v) is 19.3. The lowest BCUT2D eigenvalue weighted by molar-refractivity contribution is -0.140. The maximum Gasteiger partial charge on any atom is 0.326 e. The second kappa shape index (κ2) is 11.4. The second-order valence-electron chi connectivity index (χ2n) is 7.21. The van der Waals surface area contributed by atoms with Gasteiger partial charge in [0.05, 0.1) is 4.91 Å². The number of rotatable bonds is 10. The summed E-state index contributed by atoms with van der Waals surface area (Å²) in [7, 11) is 0. The van der Waals surface area contributed by atoms with Crippen molar-refractivity contribution in [1.82, 2.24) is 10.6 Å². The fourth-order valence-corrected chi connectivity index (χ4v) is 4.01. The predicted octanol–water partition coefficient (Wildman–Crippen LogP) is 2.80. The van der Waals surface area contributed by atoms with Crippen LogP contribution in [0.3, 0.4) is 0 Å². The van der Waals surface area contributed by atoms with E-state index in [1.807, 2.05) is 0 Å². The number of carbonyl (C=O) groups is 4. The molecule has 0 aliphatic carbocycles. The Kier molecular flexibility index (Phi) is 8.39. The Morgan fingerprint density at radius 1 is 1.15 bits per heavy atom. The first kappa shape index (κ1) is 24.9. The van der Waals surface area contributed by atoms with E-state index in [0.717, 1.165) is 5.56 Å². The molecule has 176 valence electrons.